The van der Waals surface area contributed by atoms with Gasteiger partial charge in [0.1, 0.15) is 5.92 Å². The zero-order chi connectivity index (χ0) is 25.8. The van der Waals surface area contributed by atoms with Crippen molar-refractivity contribution in [3.63, 3.8) is 0 Å². The standard InChI is InChI=1S/C27H41NO6S/c1-5-8-9-10-11-12-13-21-24(27(30)34-7-3)23(28(31)32)18-22(26(29)33-6-2)25(21)35-20-16-14-19(4)15-17-20/h14-17,21-25H,5-13,18H2,1-4H3/t21-,22+,23-,24-,25-/m0/s1. The van der Waals surface area contributed by atoms with E-state index in [-0.39, 0.29) is 30.8 Å². The molecular formula is C27H41NO6S. The van der Waals surface area contributed by atoms with Gasteiger partial charge in [-0.3, -0.25) is 19.7 Å². The van der Waals surface area contributed by atoms with Crippen molar-refractivity contribution in [1.29, 1.82) is 0 Å². The Bertz CT molecular complexity index is 814. The van der Waals surface area contributed by atoms with E-state index in [1.807, 2.05) is 31.2 Å². The summed E-state index contributed by atoms with van der Waals surface area (Å²) in [5.41, 5.74) is 1.13. The van der Waals surface area contributed by atoms with Crippen molar-refractivity contribution in [2.45, 2.75) is 95.2 Å². The lowest BCUT2D eigenvalue weighted by Crippen LogP contribution is -2.53. The summed E-state index contributed by atoms with van der Waals surface area (Å²) in [5, 5.41) is 11.8. The van der Waals surface area contributed by atoms with Crippen LogP contribution in [0.5, 0.6) is 0 Å². The molecule has 0 N–H and O–H groups in total. The average molecular weight is 508 g/mol. The number of benzene rings is 1. The Kier molecular flexibility index (Phi) is 12.6. The molecule has 1 aliphatic carbocycles. The van der Waals surface area contributed by atoms with Gasteiger partial charge in [-0.1, -0.05) is 63.1 Å². The van der Waals surface area contributed by atoms with E-state index < -0.39 is 34.7 Å². The van der Waals surface area contributed by atoms with Crippen molar-refractivity contribution in [2.75, 3.05) is 13.2 Å². The summed E-state index contributed by atoms with van der Waals surface area (Å²) in [7, 11) is 0. The highest BCUT2D eigenvalue weighted by Crippen LogP contribution is 2.47. The summed E-state index contributed by atoms with van der Waals surface area (Å²) in [6.45, 7) is 8.01. The molecule has 1 aromatic carbocycles. The number of esters is 2. The minimum absolute atomic E-state index is 0.0220. The number of hydrogen-bond donors (Lipinski definition) is 0. The maximum atomic E-state index is 13.1. The predicted octanol–water partition coefficient (Wildman–Crippen LogP) is 6.23. The fraction of sp³-hybridized carbons (Fsp3) is 0.704. The number of hydrogen-bond acceptors (Lipinski definition) is 7. The van der Waals surface area contributed by atoms with Gasteiger partial charge in [-0.25, -0.2) is 0 Å². The second kappa shape index (κ2) is 15.1. The van der Waals surface area contributed by atoms with Crippen LogP contribution in [0.1, 0.15) is 77.7 Å². The topological polar surface area (TPSA) is 95.7 Å². The Labute approximate surface area is 213 Å². The molecule has 196 valence electrons. The molecule has 0 aromatic heterocycles. The summed E-state index contributed by atoms with van der Waals surface area (Å²) in [4.78, 5) is 38.9. The Morgan fingerprint density at radius 1 is 0.971 bits per heavy atom. The number of ether oxygens (including phenoxy) is 2. The monoisotopic (exact) mass is 507 g/mol. The minimum atomic E-state index is -1.16. The summed E-state index contributed by atoms with van der Waals surface area (Å²) in [6.07, 6.45) is 7.08. The molecule has 1 saturated carbocycles. The molecule has 1 fully saturated rings. The first-order valence-corrected chi connectivity index (χ1v) is 13.9. The van der Waals surface area contributed by atoms with Crippen LogP contribution < -0.4 is 0 Å². The van der Waals surface area contributed by atoms with Crippen molar-refractivity contribution in [3.05, 3.63) is 39.9 Å². The van der Waals surface area contributed by atoms with Gasteiger partial charge in [-0.2, -0.15) is 0 Å². The molecule has 0 bridgehead atoms. The molecule has 2 rings (SSSR count). The maximum absolute atomic E-state index is 13.1. The summed E-state index contributed by atoms with van der Waals surface area (Å²) >= 11 is 1.54. The fourth-order valence-corrected chi connectivity index (χ4v) is 6.52. The van der Waals surface area contributed by atoms with Gasteiger partial charge in [0.05, 0.1) is 19.1 Å². The number of carbonyl (C=O) groups excluding carboxylic acids is 2. The number of thioether (sulfide) groups is 1. The number of nitro groups is 1. The van der Waals surface area contributed by atoms with Gasteiger partial charge >= 0.3 is 11.9 Å². The van der Waals surface area contributed by atoms with Crippen LogP contribution in [0.4, 0.5) is 0 Å². The first-order valence-electron chi connectivity index (χ1n) is 13.0. The maximum Gasteiger partial charge on any atom is 0.316 e. The molecule has 35 heavy (non-hydrogen) atoms. The molecular weight excluding hydrogens is 466 g/mol. The first-order chi connectivity index (χ1) is 16.8. The van der Waals surface area contributed by atoms with E-state index in [4.69, 9.17) is 9.47 Å². The smallest absolute Gasteiger partial charge is 0.316 e. The highest BCUT2D eigenvalue weighted by molar-refractivity contribution is 8.00. The van der Waals surface area contributed by atoms with Gasteiger partial charge in [0.25, 0.3) is 0 Å². The quantitative estimate of drug-likeness (QED) is 0.127. The van der Waals surface area contributed by atoms with Crippen LogP contribution in [0.15, 0.2) is 29.2 Å². The van der Waals surface area contributed by atoms with E-state index in [1.165, 1.54) is 18.2 Å². The number of carbonyl (C=O) groups is 2. The van der Waals surface area contributed by atoms with Crippen molar-refractivity contribution in [2.24, 2.45) is 17.8 Å². The van der Waals surface area contributed by atoms with Crippen LogP contribution in [0.3, 0.4) is 0 Å². The SMILES string of the molecule is CCCCCCCC[C@@H]1[C@H](Sc2ccc(C)cc2)[C@H](C(=O)OCC)C[C@H]([N+](=O)[O-])[C@H]1C(=O)OCC. The van der Waals surface area contributed by atoms with Crippen LogP contribution in [0.25, 0.3) is 0 Å². The summed E-state index contributed by atoms with van der Waals surface area (Å²) in [6, 6.07) is 6.86. The average Bonchev–Trinajstić information content (AvgIpc) is 2.83. The van der Waals surface area contributed by atoms with Gasteiger partial charge in [0, 0.05) is 21.5 Å². The van der Waals surface area contributed by atoms with Gasteiger partial charge < -0.3 is 9.47 Å². The second-order valence-corrected chi connectivity index (χ2v) is 10.6. The molecule has 7 nitrogen and oxygen atoms in total. The van der Waals surface area contributed by atoms with Crippen LogP contribution in [-0.4, -0.2) is 41.4 Å². The Balaban J connectivity index is 2.42. The number of aryl methyl sites for hydroxylation is 1. The van der Waals surface area contributed by atoms with Crippen molar-refractivity contribution in [1.82, 2.24) is 0 Å². The highest BCUT2D eigenvalue weighted by atomic mass is 32.2. The molecule has 0 radical (unpaired) electrons. The molecule has 0 amide bonds. The van der Waals surface area contributed by atoms with E-state index in [1.54, 1.807) is 13.8 Å². The van der Waals surface area contributed by atoms with E-state index >= 15 is 0 Å². The third kappa shape index (κ3) is 8.51. The van der Waals surface area contributed by atoms with Crippen LogP contribution in [0.2, 0.25) is 0 Å². The molecule has 0 unspecified atom stereocenters. The number of unbranched alkanes of at least 4 members (excludes halogenated alkanes) is 5. The fourth-order valence-electron chi connectivity index (χ4n) is 5.04. The van der Waals surface area contributed by atoms with Crippen molar-refractivity contribution < 1.29 is 24.0 Å². The van der Waals surface area contributed by atoms with Crippen LogP contribution in [-0.2, 0) is 19.1 Å². The second-order valence-electron chi connectivity index (χ2n) is 9.34. The van der Waals surface area contributed by atoms with E-state index in [0.717, 1.165) is 42.6 Å². The Morgan fingerprint density at radius 2 is 1.57 bits per heavy atom. The Hall–Kier alpha value is -2.09. The molecule has 5 atom stereocenters. The highest BCUT2D eigenvalue weighted by Gasteiger charge is 2.56. The first kappa shape index (κ1) is 29.1. The van der Waals surface area contributed by atoms with Gasteiger partial charge in [0.15, 0.2) is 0 Å². The molecule has 8 heteroatoms. The lowest BCUT2D eigenvalue weighted by Gasteiger charge is -2.41. The molecule has 0 aliphatic heterocycles. The van der Waals surface area contributed by atoms with E-state index in [9.17, 15) is 19.7 Å². The van der Waals surface area contributed by atoms with Crippen molar-refractivity contribution >= 4 is 23.7 Å². The summed E-state index contributed by atoms with van der Waals surface area (Å²) in [5.74, 6) is -2.84. The molecule has 0 saturated heterocycles. The predicted molar refractivity (Wildman–Crippen MR) is 138 cm³/mol. The lowest BCUT2D eigenvalue weighted by molar-refractivity contribution is -0.536. The molecule has 0 spiro atoms. The van der Waals surface area contributed by atoms with Crippen molar-refractivity contribution in [3.8, 4) is 0 Å². The number of rotatable bonds is 14. The zero-order valence-electron chi connectivity index (χ0n) is 21.6. The molecule has 0 heterocycles. The summed E-state index contributed by atoms with van der Waals surface area (Å²) < 4.78 is 10.7. The van der Waals surface area contributed by atoms with E-state index in [0.29, 0.717) is 6.42 Å². The normalized spacial score (nSPS) is 24.1. The molecule has 1 aliphatic rings. The third-order valence-corrected chi connectivity index (χ3v) is 8.29. The third-order valence-electron chi connectivity index (χ3n) is 6.79. The van der Waals surface area contributed by atoms with Gasteiger partial charge in [-0.15, -0.1) is 11.8 Å². The van der Waals surface area contributed by atoms with Gasteiger partial charge in [0.2, 0.25) is 6.04 Å². The van der Waals surface area contributed by atoms with E-state index in [2.05, 4.69) is 6.92 Å². The van der Waals surface area contributed by atoms with Crippen LogP contribution >= 0.6 is 11.8 Å². The Morgan fingerprint density at radius 3 is 2.17 bits per heavy atom. The largest absolute Gasteiger partial charge is 0.466 e. The zero-order valence-corrected chi connectivity index (χ0v) is 22.4. The van der Waals surface area contributed by atoms with Gasteiger partial charge in [-0.05, 0) is 45.2 Å². The lowest BCUT2D eigenvalue weighted by atomic mass is 9.68. The number of nitrogens with zero attached hydrogens (tertiary/aromatic N) is 1. The molecule has 1 aromatic rings. The van der Waals surface area contributed by atoms with Crippen LogP contribution in [0, 0.1) is 34.8 Å². The minimum Gasteiger partial charge on any atom is -0.466 e.